The molecule has 3 N–H and O–H groups in total. The first kappa shape index (κ1) is 22.9. The van der Waals surface area contributed by atoms with Crippen molar-refractivity contribution in [3.8, 4) is 5.75 Å². The Morgan fingerprint density at radius 3 is 1.93 bits per heavy atom. The van der Waals surface area contributed by atoms with E-state index in [1.807, 2.05) is 6.92 Å². The summed E-state index contributed by atoms with van der Waals surface area (Å²) in [6.07, 6.45) is 2.24. The number of amides is 3. The number of hydrogen-bond donors (Lipinski definition) is 3. The number of nitrogens with one attached hydrogen (secondary N) is 3. The molecule has 0 unspecified atom stereocenters. The van der Waals surface area contributed by atoms with Gasteiger partial charge in [0, 0.05) is 30.3 Å². The standard InChI is InChI=1S/C22H27N3O5/c1-3-4-5-20(26)23-18-10-6-16(7-11-18)21(27)24-25-22(28)17-8-12-19(13-9-17)30-15-14-29-2/h6-13H,3-5,14-15H2,1-2H3,(H,23,26)(H,24,27)(H,25,28). The normalized spacial score (nSPS) is 10.2. The lowest BCUT2D eigenvalue weighted by Crippen LogP contribution is -2.41. The van der Waals surface area contributed by atoms with Crippen molar-refractivity contribution < 1.29 is 23.9 Å². The third-order valence-electron chi connectivity index (χ3n) is 4.15. The van der Waals surface area contributed by atoms with Crippen LogP contribution in [0.15, 0.2) is 48.5 Å². The molecular weight excluding hydrogens is 386 g/mol. The average Bonchev–Trinajstić information content (AvgIpc) is 2.77. The maximum absolute atomic E-state index is 12.2. The molecule has 0 radical (unpaired) electrons. The van der Waals surface area contributed by atoms with Crippen molar-refractivity contribution >= 4 is 23.4 Å². The Labute approximate surface area is 175 Å². The van der Waals surface area contributed by atoms with E-state index in [2.05, 4.69) is 16.2 Å². The summed E-state index contributed by atoms with van der Waals surface area (Å²) in [6.45, 7) is 2.91. The highest BCUT2D eigenvalue weighted by Gasteiger charge is 2.10. The predicted molar refractivity (Wildman–Crippen MR) is 113 cm³/mol. The molecule has 8 heteroatoms. The van der Waals surface area contributed by atoms with E-state index in [-0.39, 0.29) is 5.91 Å². The number of unbranched alkanes of at least 4 members (excludes halogenated alkanes) is 1. The zero-order valence-corrected chi connectivity index (χ0v) is 17.2. The first-order valence-electron chi connectivity index (χ1n) is 9.76. The van der Waals surface area contributed by atoms with Gasteiger partial charge in [0.05, 0.1) is 6.61 Å². The van der Waals surface area contributed by atoms with Crippen molar-refractivity contribution in [2.75, 3.05) is 25.6 Å². The Kier molecular flexibility index (Phi) is 9.33. The molecule has 2 rings (SSSR count). The van der Waals surface area contributed by atoms with Crippen molar-refractivity contribution in [1.82, 2.24) is 10.9 Å². The molecule has 0 aliphatic carbocycles. The maximum Gasteiger partial charge on any atom is 0.269 e. The third-order valence-corrected chi connectivity index (χ3v) is 4.15. The summed E-state index contributed by atoms with van der Waals surface area (Å²) in [4.78, 5) is 36.1. The Hall–Kier alpha value is -3.39. The highest BCUT2D eigenvalue weighted by atomic mass is 16.5. The minimum atomic E-state index is -0.466. The number of ether oxygens (including phenoxy) is 2. The molecule has 0 atom stereocenters. The Balaban J connectivity index is 1.81. The Morgan fingerprint density at radius 1 is 0.833 bits per heavy atom. The van der Waals surface area contributed by atoms with Gasteiger partial charge in [-0.25, -0.2) is 0 Å². The molecule has 160 valence electrons. The van der Waals surface area contributed by atoms with Crippen molar-refractivity contribution in [1.29, 1.82) is 0 Å². The molecule has 3 amide bonds. The van der Waals surface area contributed by atoms with Gasteiger partial charge in [0.15, 0.2) is 0 Å². The van der Waals surface area contributed by atoms with E-state index in [4.69, 9.17) is 9.47 Å². The van der Waals surface area contributed by atoms with Gasteiger partial charge in [-0.15, -0.1) is 0 Å². The summed E-state index contributed by atoms with van der Waals surface area (Å²) in [5.41, 5.74) is 6.08. The van der Waals surface area contributed by atoms with E-state index >= 15 is 0 Å². The lowest BCUT2D eigenvalue weighted by Gasteiger charge is -2.09. The monoisotopic (exact) mass is 413 g/mol. The SMILES string of the molecule is CCCCC(=O)Nc1ccc(C(=O)NNC(=O)c2ccc(OCCOC)cc2)cc1. The van der Waals surface area contributed by atoms with Gasteiger partial charge in [-0.2, -0.15) is 0 Å². The lowest BCUT2D eigenvalue weighted by molar-refractivity contribution is -0.116. The van der Waals surface area contributed by atoms with E-state index < -0.39 is 11.8 Å². The van der Waals surface area contributed by atoms with Gasteiger partial charge in [-0.05, 0) is 55.0 Å². The van der Waals surface area contributed by atoms with Crippen LogP contribution >= 0.6 is 0 Å². The van der Waals surface area contributed by atoms with Crippen LogP contribution in [-0.4, -0.2) is 38.0 Å². The molecule has 2 aromatic rings. The molecule has 0 aliphatic rings. The van der Waals surface area contributed by atoms with Crippen molar-refractivity contribution in [2.45, 2.75) is 26.2 Å². The second-order valence-corrected chi connectivity index (χ2v) is 6.50. The summed E-state index contributed by atoms with van der Waals surface area (Å²) >= 11 is 0. The minimum absolute atomic E-state index is 0.0589. The highest BCUT2D eigenvalue weighted by Crippen LogP contribution is 2.12. The van der Waals surface area contributed by atoms with Crippen LogP contribution in [0.25, 0.3) is 0 Å². The molecule has 0 bridgehead atoms. The fourth-order valence-electron chi connectivity index (χ4n) is 2.47. The molecule has 0 heterocycles. The zero-order valence-electron chi connectivity index (χ0n) is 17.2. The summed E-state index contributed by atoms with van der Waals surface area (Å²) < 4.78 is 10.3. The topological polar surface area (TPSA) is 106 Å². The lowest BCUT2D eigenvalue weighted by atomic mass is 10.2. The van der Waals surface area contributed by atoms with Crippen molar-refractivity contribution in [3.05, 3.63) is 59.7 Å². The zero-order chi connectivity index (χ0) is 21.8. The van der Waals surface area contributed by atoms with E-state index in [1.165, 1.54) is 0 Å². The van der Waals surface area contributed by atoms with Crippen molar-refractivity contribution in [2.24, 2.45) is 0 Å². The Bertz CT molecular complexity index is 835. The maximum atomic E-state index is 12.2. The fraction of sp³-hybridized carbons (Fsp3) is 0.318. The van der Waals surface area contributed by atoms with Crippen LogP contribution in [0.2, 0.25) is 0 Å². The first-order valence-corrected chi connectivity index (χ1v) is 9.76. The summed E-state index contributed by atoms with van der Waals surface area (Å²) in [6, 6.07) is 13.0. The summed E-state index contributed by atoms with van der Waals surface area (Å²) in [5, 5.41) is 2.78. The minimum Gasteiger partial charge on any atom is -0.491 e. The number of carbonyl (C=O) groups is 3. The molecular formula is C22H27N3O5. The quantitative estimate of drug-likeness (QED) is 0.410. The third kappa shape index (κ3) is 7.56. The van der Waals surface area contributed by atoms with Gasteiger partial charge in [0.1, 0.15) is 12.4 Å². The number of carbonyl (C=O) groups excluding carboxylic acids is 3. The molecule has 0 aliphatic heterocycles. The van der Waals surface area contributed by atoms with E-state index in [9.17, 15) is 14.4 Å². The average molecular weight is 413 g/mol. The predicted octanol–water partition coefficient (Wildman–Crippen LogP) is 2.92. The van der Waals surface area contributed by atoms with Gasteiger partial charge in [-0.1, -0.05) is 13.3 Å². The van der Waals surface area contributed by atoms with Crippen LogP contribution in [0.5, 0.6) is 5.75 Å². The fourth-order valence-corrected chi connectivity index (χ4v) is 2.47. The largest absolute Gasteiger partial charge is 0.491 e. The number of hydrazine groups is 1. The Morgan fingerprint density at radius 2 is 1.40 bits per heavy atom. The first-order chi connectivity index (χ1) is 14.5. The molecule has 8 nitrogen and oxygen atoms in total. The van der Waals surface area contributed by atoms with Crippen LogP contribution in [0.1, 0.15) is 46.9 Å². The van der Waals surface area contributed by atoms with Crippen molar-refractivity contribution in [3.63, 3.8) is 0 Å². The van der Waals surface area contributed by atoms with Crippen LogP contribution < -0.4 is 20.9 Å². The molecule has 0 saturated heterocycles. The number of rotatable bonds is 10. The van der Waals surface area contributed by atoms with Gasteiger partial charge in [0.2, 0.25) is 5.91 Å². The second-order valence-electron chi connectivity index (χ2n) is 6.50. The summed E-state index contributed by atoms with van der Waals surface area (Å²) in [7, 11) is 1.59. The number of hydrogen-bond acceptors (Lipinski definition) is 5. The van der Waals surface area contributed by atoms with Crippen LogP contribution in [-0.2, 0) is 9.53 Å². The van der Waals surface area contributed by atoms with Gasteiger partial charge in [0.25, 0.3) is 11.8 Å². The highest BCUT2D eigenvalue weighted by molar-refractivity contribution is 5.99. The molecule has 2 aromatic carbocycles. The number of anilines is 1. The van der Waals surface area contributed by atoms with Gasteiger partial charge < -0.3 is 14.8 Å². The van der Waals surface area contributed by atoms with E-state index in [1.54, 1.807) is 55.6 Å². The summed E-state index contributed by atoms with van der Waals surface area (Å²) in [5.74, 6) is -0.357. The van der Waals surface area contributed by atoms with Gasteiger partial charge in [-0.3, -0.25) is 25.2 Å². The second kappa shape index (κ2) is 12.2. The van der Waals surface area contributed by atoms with Gasteiger partial charge >= 0.3 is 0 Å². The smallest absolute Gasteiger partial charge is 0.269 e. The van der Waals surface area contributed by atoms with Crippen LogP contribution in [0, 0.1) is 0 Å². The molecule has 30 heavy (non-hydrogen) atoms. The van der Waals surface area contributed by atoms with E-state index in [0.29, 0.717) is 42.2 Å². The van der Waals surface area contributed by atoms with Crippen LogP contribution in [0.3, 0.4) is 0 Å². The molecule has 0 spiro atoms. The number of benzene rings is 2. The number of methoxy groups -OCH3 is 1. The molecule has 0 aromatic heterocycles. The van der Waals surface area contributed by atoms with E-state index in [0.717, 1.165) is 12.8 Å². The van der Waals surface area contributed by atoms with Crippen LogP contribution in [0.4, 0.5) is 5.69 Å². The molecule has 0 saturated carbocycles. The molecule has 0 fully saturated rings.